The molecule has 31 heavy (non-hydrogen) atoms. The average molecular weight is 423 g/mol. The van der Waals surface area contributed by atoms with Crippen LogP contribution in [-0.4, -0.2) is 48.6 Å². The number of ether oxygens (including phenoxy) is 1. The van der Waals surface area contributed by atoms with Gasteiger partial charge in [0.25, 0.3) is 0 Å². The molecule has 162 valence electrons. The van der Waals surface area contributed by atoms with Crippen LogP contribution in [0.15, 0.2) is 43.0 Å². The zero-order valence-corrected chi connectivity index (χ0v) is 17.6. The zero-order chi connectivity index (χ0) is 21.6. The van der Waals surface area contributed by atoms with Gasteiger partial charge in [0.2, 0.25) is 5.88 Å². The van der Waals surface area contributed by atoms with Gasteiger partial charge >= 0.3 is 0 Å². The summed E-state index contributed by atoms with van der Waals surface area (Å²) in [5.74, 6) is 0.385. The van der Waals surface area contributed by atoms with Gasteiger partial charge in [0.05, 0.1) is 29.8 Å². The number of hydrogen-bond donors (Lipinski definition) is 3. The van der Waals surface area contributed by atoms with Gasteiger partial charge in [0.15, 0.2) is 6.17 Å². The molecule has 5 rings (SSSR count). The number of halogens is 1. The van der Waals surface area contributed by atoms with Crippen LogP contribution < -0.4 is 10.1 Å². The Balaban J connectivity index is 1.34. The molecule has 2 aliphatic rings. The highest BCUT2D eigenvalue weighted by atomic mass is 19.1. The second-order valence-corrected chi connectivity index (χ2v) is 9.18. The molecule has 7 nitrogen and oxygen atoms in total. The number of aromatic amines is 1. The first kappa shape index (κ1) is 19.9. The number of benzene rings is 1. The Labute approximate surface area is 180 Å². The Kier molecular flexibility index (Phi) is 4.69. The van der Waals surface area contributed by atoms with Crippen LogP contribution >= 0.6 is 0 Å². The van der Waals surface area contributed by atoms with Crippen LogP contribution in [0.1, 0.15) is 39.5 Å². The maximum atomic E-state index is 15.2. The fourth-order valence-corrected chi connectivity index (χ4v) is 5.09. The Bertz CT molecular complexity index is 1070. The van der Waals surface area contributed by atoms with Gasteiger partial charge in [-0.1, -0.05) is 6.07 Å². The molecule has 8 heteroatoms. The number of nitrogens with zero attached hydrogens (tertiary/aromatic N) is 3. The topological polar surface area (TPSA) is 96.0 Å². The molecule has 2 aromatic heterocycles. The first-order chi connectivity index (χ1) is 14.9. The number of aromatic hydroxyl groups is 1. The lowest BCUT2D eigenvalue weighted by Crippen LogP contribution is -2.71. The molecule has 0 amide bonds. The number of phenolic OH excluding ortho intramolecular Hbond substituents is 1. The summed E-state index contributed by atoms with van der Waals surface area (Å²) in [7, 11) is 0. The monoisotopic (exact) mass is 423 g/mol. The van der Waals surface area contributed by atoms with Crippen molar-refractivity contribution in [3.05, 3.63) is 43.0 Å². The fraction of sp³-hybridized carbons (Fsp3) is 0.435. The Hall–Kier alpha value is -3.00. The summed E-state index contributed by atoms with van der Waals surface area (Å²) in [6.07, 6.45) is 8.20. The van der Waals surface area contributed by atoms with E-state index in [1.807, 2.05) is 13.0 Å². The maximum absolute atomic E-state index is 15.2. The van der Waals surface area contributed by atoms with Gasteiger partial charge in [-0.3, -0.25) is 5.10 Å². The summed E-state index contributed by atoms with van der Waals surface area (Å²) in [6, 6.07) is 5.33. The van der Waals surface area contributed by atoms with E-state index in [0.717, 1.165) is 30.4 Å². The van der Waals surface area contributed by atoms with Gasteiger partial charge in [-0.15, -0.1) is 0 Å². The van der Waals surface area contributed by atoms with Gasteiger partial charge in [-0.25, -0.2) is 14.4 Å². The molecule has 3 N–H and O–H groups in total. The quantitative estimate of drug-likeness (QED) is 0.587. The van der Waals surface area contributed by atoms with E-state index in [1.165, 1.54) is 6.20 Å². The molecule has 4 atom stereocenters. The van der Waals surface area contributed by atoms with Gasteiger partial charge in [0, 0.05) is 29.3 Å². The summed E-state index contributed by atoms with van der Waals surface area (Å²) in [5.41, 5.74) is 2.09. The first-order valence-electron chi connectivity index (χ1n) is 10.6. The average Bonchev–Trinajstić information content (AvgIpc) is 3.27. The highest BCUT2D eigenvalue weighted by Gasteiger charge is 2.53. The van der Waals surface area contributed by atoms with Crippen LogP contribution in [-0.2, 0) is 0 Å². The Morgan fingerprint density at radius 1 is 1.13 bits per heavy atom. The standard InChI is InChI=1S/C23H26FN5O2/c1-22-6-3-7-23(2,29-22)21(24)19(9-22)31-20-13-25-17(12-26-20)16-5-4-14(8-18(16)30)15-10-27-28-11-15/h4-5,8,10-13,19,21,29-30H,3,6-7,9H2,1-2H3,(H,27,28)/t19-,21+,22-,23+/m1/s1. The number of aromatic nitrogens is 4. The normalized spacial score (nSPS) is 30.2. The van der Waals surface area contributed by atoms with Crippen molar-refractivity contribution in [3.8, 4) is 34.0 Å². The van der Waals surface area contributed by atoms with Crippen LogP contribution in [0.25, 0.3) is 22.4 Å². The summed E-state index contributed by atoms with van der Waals surface area (Å²) in [6.45, 7) is 4.08. The van der Waals surface area contributed by atoms with Crippen molar-refractivity contribution in [2.45, 2.75) is 62.9 Å². The van der Waals surface area contributed by atoms with E-state index in [4.69, 9.17) is 4.74 Å². The molecule has 2 bridgehead atoms. The van der Waals surface area contributed by atoms with Crippen molar-refractivity contribution >= 4 is 0 Å². The zero-order valence-electron chi connectivity index (χ0n) is 17.6. The van der Waals surface area contributed by atoms with E-state index < -0.39 is 17.8 Å². The predicted molar refractivity (Wildman–Crippen MR) is 114 cm³/mol. The van der Waals surface area contributed by atoms with Crippen LogP contribution in [0.3, 0.4) is 0 Å². The van der Waals surface area contributed by atoms with Crippen molar-refractivity contribution in [1.29, 1.82) is 0 Å². The summed E-state index contributed by atoms with van der Waals surface area (Å²) >= 11 is 0. The molecule has 0 unspecified atom stereocenters. The Morgan fingerprint density at radius 2 is 2.00 bits per heavy atom. The number of rotatable bonds is 4. The smallest absolute Gasteiger partial charge is 0.232 e. The lowest BCUT2D eigenvalue weighted by Gasteiger charge is -2.54. The molecule has 4 heterocycles. The largest absolute Gasteiger partial charge is 0.507 e. The molecule has 0 spiro atoms. The fourth-order valence-electron chi connectivity index (χ4n) is 5.09. The third kappa shape index (κ3) is 3.65. The van der Waals surface area contributed by atoms with E-state index in [9.17, 15) is 5.11 Å². The first-order valence-corrected chi connectivity index (χ1v) is 10.6. The second kappa shape index (κ2) is 7.30. The third-order valence-corrected chi connectivity index (χ3v) is 6.60. The molecule has 0 radical (unpaired) electrons. The van der Waals surface area contributed by atoms with Crippen LogP contribution in [0.4, 0.5) is 4.39 Å². The van der Waals surface area contributed by atoms with Crippen molar-refractivity contribution in [2.75, 3.05) is 0 Å². The number of H-pyrrole nitrogens is 1. The lowest BCUT2D eigenvalue weighted by molar-refractivity contribution is -0.0625. The van der Waals surface area contributed by atoms with Gasteiger partial charge in [0.1, 0.15) is 11.9 Å². The van der Waals surface area contributed by atoms with Gasteiger partial charge < -0.3 is 15.2 Å². The van der Waals surface area contributed by atoms with Crippen molar-refractivity contribution < 1.29 is 14.2 Å². The minimum absolute atomic E-state index is 0.0949. The number of fused-ring (bicyclic) bond motifs is 2. The van der Waals surface area contributed by atoms with Crippen LogP contribution in [0.5, 0.6) is 11.6 Å². The molecule has 1 aromatic carbocycles. The second-order valence-electron chi connectivity index (χ2n) is 9.18. The molecule has 2 saturated heterocycles. The SMILES string of the molecule is C[C@]12CCC[C@](C)(N1)[C@@H](F)[C@H](Oc1cnc(-c3ccc(-c4cn[nH]c4)cc3O)cn1)C2. The molecule has 0 aliphatic carbocycles. The number of hydrogen-bond acceptors (Lipinski definition) is 6. The van der Waals surface area contributed by atoms with Crippen LogP contribution in [0, 0.1) is 0 Å². The number of alkyl halides is 1. The van der Waals surface area contributed by atoms with Gasteiger partial charge in [-0.2, -0.15) is 5.10 Å². The highest BCUT2D eigenvalue weighted by molar-refractivity contribution is 5.73. The minimum Gasteiger partial charge on any atom is -0.507 e. The molecular formula is C23H26FN5O2. The van der Waals surface area contributed by atoms with Gasteiger partial charge in [-0.05, 0) is 50.8 Å². The summed E-state index contributed by atoms with van der Waals surface area (Å²) < 4.78 is 21.2. The molecule has 2 fully saturated rings. The van der Waals surface area contributed by atoms with Crippen molar-refractivity contribution in [2.24, 2.45) is 0 Å². The highest BCUT2D eigenvalue weighted by Crippen LogP contribution is 2.42. The summed E-state index contributed by atoms with van der Waals surface area (Å²) in [5, 5.41) is 20.6. The predicted octanol–water partition coefficient (Wildman–Crippen LogP) is 4.02. The number of phenols is 1. The molecule has 0 saturated carbocycles. The van der Waals surface area contributed by atoms with E-state index in [1.54, 1.807) is 30.7 Å². The van der Waals surface area contributed by atoms with E-state index in [0.29, 0.717) is 17.7 Å². The lowest BCUT2D eigenvalue weighted by atomic mass is 9.69. The Morgan fingerprint density at radius 3 is 2.71 bits per heavy atom. The van der Waals surface area contributed by atoms with Crippen molar-refractivity contribution in [3.63, 3.8) is 0 Å². The minimum atomic E-state index is -1.12. The number of piperidine rings is 2. The van der Waals surface area contributed by atoms with E-state index >= 15 is 4.39 Å². The number of nitrogens with one attached hydrogen (secondary N) is 2. The molecular weight excluding hydrogens is 397 g/mol. The maximum Gasteiger partial charge on any atom is 0.232 e. The molecule has 3 aromatic rings. The molecule has 2 aliphatic heterocycles. The summed E-state index contributed by atoms with van der Waals surface area (Å²) in [4.78, 5) is 8.73. The van der Waals surface area contributed by atoms with E-state index in [-0.39, 0.29) is 17.2 Å². The van der Waals surface area contributed by atoms with E-state index in [2.05, 4.69) is 32.4 Å². The van der Waals surface area contributed by atoms with Crippen LogP contribution in [0.2, 0.25) is 0 Å². The third-order valence-electron chi connectivity index (χ3n) is 6.60. The van der Waals surface area contributed by atoms with Crippen molar-refractivity contribution in [1.82, 2.24) is 25.5 Å².